The molecule has 2 aromatic carbocycles. The van der Waals surface area contributed by atoms with Gasteiger partial charge >= 0.3 is 5.69 Å². The molecule has 0 heterocycles. The van der Waals surface area contributed by atoms with Gasteiger partial charge in [-0.05, 0) is 11.6 Å². The van der Waals surface area contributed by atoms with Crippen LogP contribution in [0.25, 0.3) is 0 Å². The van der Waals surface area contributed by atoms with E-state index in [4.69, 9.17) is 0 Å². The zero-order chi connectivity index (χ0) is 15.6. The largest absolute Gasteiger partial charge is 0.376 e. The molecule has 1 N–H and O–H groups in total. The van der Waals surface area contributed by atoms with Gasteiger partial charge < -0.3 is 5.32 Å². The molecular formula is C13H8F4N2O2. The van der Waals surface area contributed by atoms with E-state index in [0.29, 0.717) is 12.1 Å². The smallest absolute Gasteiger partial charge is 0.304 e. The van der Waals surface area contributed by atoms with Crippen LogP contribution >= 0.6 is 0 Å². The van der Waals surface area contributed by atoms with Crippen molar-refractivity contribution in [3.63, 3.8) is 0 Å². The van der Waals surface area contributed by atoms with Crippen LogP contribution in [0.1, 0.15) is 5.56 Å². The third-order valence-corrected chi connectivity index (χ3v) is 2.68. The molecule has 110 valence electrons. The highest BCUT2D eigenvalue weighted by atomic mass is 19.1. The van der Waals surface area contributed by atoms with Gasteiger partial charge in [0.1, 0.15) is 11.5 Å². The lowest BCUT2D eigenvalue weighted by atomic mass is 10.2. The second kappa shape index (κ2) is 5.78. The van der Waals surface area contributed by atoms with E-state index in [0.717, 1.165) is 12.1 Å². The average Bonchev–Trinajstić information content (AvgIpc) is 2.36. The number of nitrogens with zero attached hydrogens (tertiary/aromatic N) is 1. The summed E-state index contributed by atoms with van der Waals surface area (Å²) in [5, 5.41) is 12.8. The van der Waals surface area contributed by atoms with Crippen molar-refractivity contribution in [2.75, 3.05) is 5.32 Å². The van der Waals surface area contributed by atoms with Crippen molar-refractivity contribution in [1.29, 1.82) is 0 Å². The second-order valence-corrected chi connectivity index (χ2v) is 4.14. The Labute approximate surface area is 116 Å². The zero-order valence-electron chi connectivity index (χ0n) is 10.4. The number of anilines is 1. The summed E-state index contributed by atoms with van der Waals surface area (Å²) in [5.41, 5.74) is -1.02. The van der Waals surface area contributed by atoms with Gasteiger partial charge in [0, 0.05) is 24.7 Å². The molecule has 0 fully saturated rings. The predicted molar refractivity (Wildman–Crippen MR) is 66.7 cm³/mol. The number of hydrogen-bond donors (Lipinski definition) is 1. The molecule has 0 aliphatic rings. The summed E-state index contributed by atoms with van der Waals surface area (Å²) in [4.78, 5) is 9.57. The quantitative estimate of drug-likeness (QED) is 0.531. The van der Waals surface area contributed by atoms with Gasteiger partial charge in [0.25, 0.3) is 0 Å². The SMILES string of the molecule is O=[N+]([O-])c1ccc(CNc2c(F)cc(F)cc2F)cc1F. The van der Waals surface area contributed by atoms with E-state index in [1.54, 1.807) is 0 Å². The summed E-state index contributed by atoms with van der Waals surface area (Å²) in [6.45, 7) is -0.186. The van der Waals surface area contributed by atoms with E-state index >= 15 is 0 Å². The standard InChI is InChI=1S/C13H8F4N2O2/c14-8-4-10(16)13(11(17)5-8)18-6-7-1-2-12(19(20)21)9(15)3-7/h1-5,18H,6H2. The fourth-order valence-electron chi connectivity index (χ4n) is 1.71. The van der Waals surface area contributed by atoms with E-state index in [2.05, 4.69) is 5.32 Å². The van der Waals surface area contributed by atoms with Crippen molar-refractivity contribution in [2.45, 2.75) is 6.54 Å². The Morgan fingerprint density at radius 1 is 1.00 bits per heavy atom. The van der Waals surface area contributed by atoms with Crippen LogP contribution in [0.5, 0.6) is 0 Å². The Bertz CT molecular complexity index is 684. The number of nitro groups is 1. The fraction of sp³-hybridized carbons (Fsp3) is 0.0769. The van der Waals surface area contributed by atoms with Crippen molar-refractivity contribution in [1.82, 2.24) is 0 Å². The Balaban J connectivity index is 2.17. The summed E-state index contributed by atoms with van der Waals surface area (Å²) >= 11 is 0. The lowest BCUT2D eigenvalue weighted by Gasteiger charge is -2.09. The van der Waals surface area contributed by atoms with Gasteiger partial charge in [0.15, 0.2) is 11.6 Å². The molecule has 0 saturated carbocycles. The van der Waals surface area contributed by atoms with Crippen molar-refractivity contribution in [3.05, 3.63) is 69.3 Å². The molecule has 0 atom stereocenters. The molecule has 0 unspecified atom stereocenters. The Morgan fingerprint density at radius 2 is 1.62 bits per heavy atom. The minimum atomic E-state index is -1.13. The zero-order valence-corrected chi connectivity index (χ0v) is 10.4. The molecule has 0 spiro atoms. The fourth-order valence-corrected chi connectivity index (χ4v) is 1.71. The summed E-state index contributed by atoms with van der Waals surface area (Å²) in [6, 6.07) is 4.07. The van der Waals surface area contributed by atoms with Crippen molar-refractivity contribution in [2.24, 2.45) is 0 Å². The van der Waals surface area contributed by atoms with Crippen molar-refractivity contribution >= 4 is 11.4 Å². The maximum atomic E-state index is 13.4. The minimum absolute atomic E-state index is 0.186. The van der Waals surface area contributed by atoms with Crippen LogP contribution in [0.2, 0.25) is 0 Å². The van der Waals surface area contributed by atoms with Gasteiger partial charge in [0.05, 0.1) is 4.92 Å². The van der Waals surface area contributed by atoms with E-state index < -0.39 is 39.6 Å². The lowest BCUT2D eigenvalue weighted by molar-refractivity contribution is -0.387. The first kappa shape index (κ1) is 14.8. The predicted octanol–water partition coefficient (Wildman–Crippen LogP) is 3.76. The maximum Gasteiger partial charge on any atom is 0.304 e. The Hall–Kier alpha value is -2.64. The van der Waals surface area contributed by atoms with Crippen LogP contribution in [0.4, 0.5) is 28.9 Å². The van der Waals surface area contributed by atoms with E-state index in [9.17, 15) is 27.7 Å². The van der Waals surface area contributed by atoms with E-state index in [1.165, 1.54) is 6.07 Å². The van der Waals surface area contributed by atoms with Gasteiger partial charge in [-0.15, -0.1) is 0 Å². The molecule has 4 nitrogen and oxygen atoms in total. The van der Waals surface area contributed by atoms with Gasteiger partial charge in [-0.25, -0.2) is 13.2 Å². The van der Waals surface area contributed by atoms with Crippen LogP contribution in [-0.4, -0.2) is 4.92 Å². The van der Waals surface area contributed by atoms with Gasteiger partial charge in [0.2, 0.25) is 5.82 Å². The molecule has 0 aromatic heterocycles. The summed E-state index contributed by atoms with van der Waals surface area (Å²) in [7, 11) is 0. The van der Waals surface area contributed by atoms with E-state index in [1.807, 2.05) is 0 Å². The molecule has 0 aliphatic heterocycles. The second-order valence-electron chi connectivity index (χ2n) is 4.14. The van der Waals surface area contributed by atoms with E-state index in [-0.39, 0.29) is 12.1 Å². The highest BCUT2D eigenvalue weighted by Crippen LogP contribution is 2.22. The van der Waals surface area contributed by atoms with Crippen LogP contribution in [0.15, 0.2) is 30.3 Å². The third kappa shape index (κ3) is 3.28. The average molecular weight is 300 g/mol. The molecular weight excluding hydrogens is 292 g/mol. The normalized spacial score (nSPS) is 10.5. The van der Waals surface area contributed by atoms with Crippen LogP contribution in [0.3, 0.4) is 0 Å². The molecule has 0 bridgehead atoms. The molecule has 0 amide bonds. The summed E-state index contributed by atoms with van der Waals surface area (Å²) < 4.78 is 52.8. The summed E-state index contributed by atoms with van der Waals surface area (Å²) in [6.07, 6.45) is 0. The molecule has 0 saturated heterocycles. The monoisotopic (exact) mass is 300 g/mol. The first-order chi connectivity index (χ1) is 9.88. The number of halogens is 4. The van der Waals surface area contributed by atoms with Gasteiger partial charge in [-0.2, -0.15) is 4.39 Å². The van der Waals surface area contributed by atoms with Crippen LogP contribution < -0.4 is 5.32 Å². The third-order valence-electron chi connectivity index (χ3n) is 2.68. The maximum absolute atomic E-state index is 13.4. The number of nitro benzene ring substituents is 1. The minimum Gasteiger partial charge on any atom is -0.376 e. The van der Waals surface area contributed by atoms with Crippen LogP contribution in [0, 0.1) is 33.4 Å². The number of benzene rings is 2. The van der Waals surface area contributed by atoms with Crippen molar-refractivity contribution < 1.29 is 22.5 Å². The number of rotatable bonds is 4. The van der Waals surface area contributed by atoms with Crippen molar-refractivity contribution in [3.8, 4) is 0 Å². The molecule has 0 aliphatic carbocycles. The first-order valence-electron chi connectivity index (χ1n) is 5.69. The Kier molecular flexibility index (Phi) is 4.06. The summed E-state index contributed by atoms with van der Waals surface area (Å²) in [5.74, 6) is -4.37. The molecule has 2 rings (SSSR count). The topological polar surface area (TPSA) is 55.2 Å². The Morgan fingerprint density at radius 3 is 2.14 bits per heavy atom. The number of hydrogen-bond acceptors (Lipinski definition) is 3. The van der Waals surface area contributed by atoms with Gasteiger partial charge in [-0.1, -0.05) is 6.07 Å². The first-order valence-corrected chi connectivity index (χ1v) is 5.69. The molecule has 21 heavy (non-hydrogen) atoms. The van der Waals surface area contributed by atoms with Crippen LogP contribution in [-0.2, 0) is 6.54 Å². The highest BCUT2D eigenvalue weighted by molar-refractivity contribution is 5.47. The number of nitrogens with one attached hydrogen (secondary N) is 1. The highest BCUT2D eigenvalue weighted by Gasteiger charge is 2.15. The van der Waals surface area contributed by atoms with Gasteiger partial charge in [-0.3, -0.25) is 10.1 Å². The molecule has 0 radical (unpaired) electrons. The molecule has 8 heteroatoms. The lowest BCUT2D eigenvalue weighted by Crippen LogP contribution is -2.05. The molecule has 2 aromatic rings.